The molecule has 4 N–H and O–H groups in total. The van der Waals surface area contributed by atoms with E-state index in [2.05, 4.69) is 68.5 Å². The first-order chi connectivity index (χ1) is 16.1. The van der Waals surface area contributed by atoms with Crippen molar-refractivity contribution in [3.8, 4) is 0 Å². The van der Waals surface area contributed by atoms with Crippen LogP contribution in [0.1, 0.15) is 64.9 Å². The molecule has 4 atom stereocenters. The van der Waals surface area contributed by atoms with Gasteiger partial charge in [0.05, 0.1) is 13.1 Å². The Morgan fingerprint density at radius 2 is 1.88 bits per heavy atom. The zero-order valence-electron chi connectivity index (χ0n) is 21.8. The third-order valence-corrected chi connectivity index (χ3v) is 7.38. The fraction of sp³-hybridized carbons (Fsp3) is 0.704. The van der Waals surface area contributed by atoms with Crippen molar-refractivity contribution in [2.75, 3.05) is 33.7 Å². The van der Waals surface area contributed by atoms with Gasteiger partial charge < -0.3 is 21.1 Å². The molecule has 0 radical (unpaired) electrons. The Kier molecular flexibility index (Phi) is 11.0. The number of hydrogen-bond acceptors (Lipinski definition) is 5. The largest absolute Gasteiger partial charge is 0.377 e. The quantitative estimate of drug-likeness (QED) is 0.503. The number of carbonyl (C=O) groups excluding carboxylic acids is 2. The summed E-state index contributed by atoms with van der Waals surface area (Å²) < 4.78 is 0. The summed E-state index contributed by atoms with van der Waals surface area (Å²) in [5.74, 6) is 0.394. The van der Waals surface area contributed by atoms with E-state index in [9.17, 15) is 14.7 Å². The fourth-order valence-corrected chi connectivity index (χ4v) is 5.47. The number of nitrogens with one attached hydrogen (secondary N) is 1. The van der Waals surface area contributed by atoms with Crippen molar-refractivity contribution >= 4 is 11.8 Å². The van der Waals surface area contributed by atoms with E-state index in [-0.39, 0.29) is 42.3 Å². The fourth-order valence-electron chi connectivity index (χ4n) is 5.47. The van der Waals surface area contributed by atoms with Gasteiger partial charge in [0.25, 0.3) is 0 Å². The molecular formula is C27H46N4O3. The van der Waals surface area contributed by atoms with E-state index < -0.39 is 6.23 Å². The average Bonchev–Trinajstić information content (AvgIpc) is 2.80. The van der Waals surface area contributed by atoms with E-state index in [0.717, 1.165) is 38.5 Å². The molecule has 1 saturated heterocycles. The van der Waals surface area contributed by atoms with Crippen molar-refractivity contribution < 1.29 is 14.7 Å². The Bertz CT molecular complexity index is 768. The number of nitrogens with zero attached hydrogens (tertiary/aromatic N) is 2. The van der Waals surface area contributed by atoms with Gasteiger partial charge in [-0.3, -0.25) is 14.5 Å². The van der Waals surface area contributed by atoms with Crippen LogP contribution in [-0.2, 0) is 15.1 Å². The highest BCUT2D eigenvalue weighted by Gasteiger charge is 2.37. The summed E-state index contributed by atoms with van der Waals surface area (Å²) in [5.41, 5.74) is 6.55. The lowest BCUT2D eigenvalue weighted by molar-refractivity contribution is -0.140. The normalized spacial score (nSPS) is 25.8. The number of benzene rings is 1. The van der Waals surface area contributed by atoms with Gasteiger partial charge in [-0.15, -0.1) is 0 Å². The van der Waals surface area contributed by atoms with Gasteiger partial charge >= 0.3 is 0 Å². The maximum Gasteiger partial charge on any atom is 0.239 e. The predicted molar refractivity (Wildman–Crippen MR) is 137 cm³/mol. The predicted octanol–water partition coefficient (Wildman–Crippen LogP) is 2.93. The number of nitrogens with two attached hydrogens (primary N) is 1. The van der Waals surface area contributed by atoms with E-state index in [1.807, 2.05) is 6.92 Å². The van der Waals surface area contributed by atoms with Gasteiger partial charge in [0.2, 0.25) is 11.8 Å². The molecule has 7 heteroatoms. The van der Waals surface area contributed by atoms with Crippen molar-refractivity contribution in [1.82, 2.24) is 15.1 Å². The number of aliphatic hydroxyl groups excluding tert-OH is 1. The standard InChI is InChI=1S/C27H46N4O3/c1-20(2)17-22-11-9-14-27(30(4)5,23-12-7-6-8-13-23)15-10-16-31(26(34)21(22)3)19-25(33)29-18-24(28)32/h6-8,12-13,20-22,24,32H,9-11,14-19,28H2,1-5H3,(H,29,33)/t21?,22?,24?,27-/m1/s1. The molecule has 0 bridgehead atoms. The first-order valence-electron chi connectivity index (χ1n) is 12.8. The lowest BCUT2D eigenvalue weighted by atomic mass is 9.77. The van der Waals surface area contributed by atoms with E-state index in [1.54, 1.807) is 4.90 Å². The summed E-state index contributed by atoms with van der Waals surface area (Å²) in [6.07, 6.45) is 4.67. The Balaban J connectivity index is 2.34. The second-order valence-corrected chi connectivity index (χ2v) is 10.6. The van der Waals surface area contributed by atoms with Gasteiger partial charge in [-0.25, -0.2) is 0 Å². The maximum atomic E-state index is 13.6. The molecule has 0 saturated carbocycles. The van der Waals surface area contributed by atoms with Crippen LogP contribution in [0.4, 0.5) is 0 Å². The van der Waals surface area contributed by atoms with Gasteiger partial charge in [0.15, 0.2) is 0 Å². The van der Waals surface area contributed by atoms with Crippen LogP contribution in [0.3, 0.4) is 0 Å². The lowest BCUT2D eigenvalue weighted by Crippen LogP contribution is -2.47. The number of aliphatic hydroxyl groups is 1. The molecule has 2 rings (SSSR count). The van der Waals surface area contributed by atoms with E-state index in [0.29, 0.717) is 12.5 Å². The van der Waals surface area contributed by atoms with Gasteiger partial charge in [0, 0.05) is 18.0 Å². The molecule has 3 unspecified atom stereocenters. The zero-order valence-corrected chi connectivity index (χ0v) is 21.8. The summed E-state index contributed by atoms with van der Waals surface area (Å²) in [6.45, 7) is 6.94. The van der Waals surface area contributed by atoms with Crippen LogP contribution in [0.15, 0.2) is 30.3 Å². The minimum atomic E-state index is -1.11. The molecular weight excluding hydrogens is 428 g/mol. The van der Waals surface area contributed by atoms with Crippen LogP contribution in [0.2, 0.25) is 0 Å². The van der Waals surface area contributed by atoms with Gasteiger partial charge in [-0.1, -0.05) is 57.5 Å². The molecule has 2 amide bonds. The lowest BCUT2D eigenvalue weighted by Gasteiger charge is -2.41. The van der Waals surface area contributed by atoms with E-state index >= 15 is 0 Å². The summed E-state index contributed by atoms with van der Waals surface area (Å²) in [7, 11) is 4.30. The molecule has 0 spiro atoms. The molecule has 1 heterocycles. The SMILES string of the molecule is CC(C)CC1CCC[C@@](c2ccccc2)(N(C)C)CCCN(CC(=O)NCC(N)O)C(=O)C1C. The van der Waals surface area contributed by atoms with Crippen molar-refractivity contribution in [2.24, 2.45) is 23.5 Å². The smallest absolute Gasteiger partial charge is 0.239 e. The molecule has 1 aromatic rings. The Morgan fingerprint density at radius 3 is 2.47 bits per heavy atom. The Hall–Kier alpha value is -1.96. The summed E-state index contributed by atoms with van der Waals surface area (Å²) in [4.78, 5) is 30.1. The molecule has 1 aromatic carbocycles. The maximum absolute atomic E-state index is 13.6. The van der Waals surface area contributed by atoms with Crippen LogP contribution >= 0.6 is 0 Å². The first-order valence-corrected chi connectivity index (χ1v) is 12.8. The minimum absolute atomic E-state index is 0.00933. The zero-order chi connectivity index (χ0) is 25.3. The van der Waals surface area contributed by atoms with Gasteiger partial charge in [-0.05, 0) is 63.6 Å². The molecule has 0 aliphatic carbocycles. The van der Waals surface area contributed by atoms with Crippen LogP contribution < -0.4 is 11.1 Å². The third-order valence-electron chi connectivity index (χ3n) is 7.38. The molecule has 0 aromatic heterocycles. The summed E-state index contributed by atoms with van der Waals surface area (Å²) in [6, 6.07) is 10.7. The average molecular weight is 475 g/mol. The molecule has 192 valence electrons. The number of amides is 2. The molecule has 1 aliphatic rings. The van der Waals surface area contributed by atoms with E-state index in [1.165, 1.54) is 5.56 Å². The van der Waals surface area contributed by atoms with E-state index in [4.69, 9.17) is 5.73 Å². The second kappa shape index (κ2) is 13.2. The van der Waals surface area contributed by atoms with Crippen LogP contribution in [-0.4, -0.2) is 66.7 Å². The highest BCUT2D eigenvalue weighted by atomic mass is 16.3. The molecule has 7 nitrogen and oxygen atoms in total. The topological polar surface area (TPSA) is 98.9 Å². The Labute approximate surface area is 206 Å². The second-order valence-electron chi connectivity index (χ2n) is 10.6. The molecule has 1 aliphatic heterocycles. The van der Waals surface area contributed by atoms with Crippen LogP contribution in [0, 0.1) is 17.8 Å². The summed E-state index contributed by atoms with van der Waals surface area (Å²) in [5, 5.41) is 11.9. The van der Waals surface area contributed by atoms with Crippen molar-refractivity contribution in [1.29, 1.82) is 0 Å². The Morgan fingerprint density at radius 1 is 1.24 bits per heavy atom. The first kappa shape index (κ1) is 28.3. The van der Waals surface area contributed by atoms with Crippen molar-refractivity contribution in [3.05, 3.63) is 35.9 Å². The monoisotopic (exact) mass is 474 g/mol. The van der Waals surface area contributed by atoms with Crippen molar-refractivity contribution in [2.45, 2.75) is 71.1 Å². The van der Waals surface area contributed by atoms with Crippen molar-refractivity contribution in [3.63, 3.8) is 0 Å². The van der Waals surface area contributed by atoms with Gasteiger partial charge in [0.1, 0.15) is 6.23 Å². The molecule has 1 fully saturated rings. The number of carbonyl (C=O) groups is 2. The number of rotatable bonds is 8. The van der Waals surface area contributed by atoms with Crippen LogP contribution in [0.25, 0.3) is 0 Å². The third kappa shape index (κ3) is 7.79. The van der Waals surface area contributed by atoms with Gasteiger partial charge in [-0.2, -0.15) is 0 Å². The summed E-state index contributed by atoms with van der Waals surface area (Å²) >= 11 is 0. The minimum Gasteiger partial charge on any atom is -0.377 e. The van der Waals surface area contributed by atoms with Crippen LogP contribution in [0.5, 0.6) is 0 Å². The highest BCUT2D eigenvalue weighted by molar-refractivity contribution is 5.86. The number of hydrogen-bond donors (Lipinski definition) is 3. The molecule has 34 heavy (non-hydrogen) atoms. The highest BCUT2D eigenvalue weighted by Crippen LogP contribution is 2.39.